The Kier molecular flexibility index (Phi) is 4.62. The predicted octanol–water partition coefficient (Wildman–Crippen LogP) is 0.698. The molecule has 5 nitrogen and oxygen atoms in total. The van der Waals surface area contributed by atoms with Gasteiger partial charge in [0.2, 0.25) is 0 Å². The number of nitrogens with one attached hydrogen (secondary N) is 1. The topological polar surface area (TPSA) is 42.3 Å². The van der Waals surface area contributed by atoms with Gasteiger partial charge in [-0.05, 0) is 7.05 Å². The maximum Gasteiger partial charge on any atom is 0.319 e. The fourth-order valence-electron chi connectivity index (χ4n) is 1.99. The Labute approximate surface area is 105 Å². The molecule has 1 saturated heterocycles. The van der Waals surface area contributed by atoms with Crippen LogP contribution in [0.1, 0.15) is 12.4 Å². The zero-order valence-corrected chi connectivity index (χ0v) is 10.4. The van der Waals surface area contributed by atoms with Crippen LogP contribution in [0.2, 0.25) is 0 Å². The van der Waals surface area contributed by atoms with Gasteiger partial charge < -0.3 is 15.0 Å². The number of ether oxygens (including phenoxy) is 1. The number of halogens is 2. The highest BCUT2D eigenvalue weighted by atomic mass is 19.3. The van der Waals surface area contributed by atoms with Crippen molar-refractivity contribution in [1.82, 2.24) is 19.8 Å². The van der Waals surface area contributed by atoms with Crippen LogP contribution in [0.25, 0.3) is 0 Å². The molecule has 1 aliphatic rings. The van der Waals surface area contributed by atoms with Gasteiger partial charge >= 0.3 is 6.55 Å². The number of hydrogen-bond donors (Lipinski definition) is 1. The maximum atomic E-state index is 12.6. The lowest BCUT2D eigenvalue weighted by molar-refractivity contribution is -0.0184. The van der Waals surface area contributed by atoms with Crippen LogP contribution >= 0.6 is 0 Å². The van der Waals surface area contributed by atoms with Crippen molar-refractivity contribution >= 4 is 0 Å². The average Bonchev–Trinajstić information content (AvgIpc) is 2.77. The van der Waals surface area contributed by atoms with E-state index in [1.54, 1.807) is 0 Å². The van der Waals surface area contributed by atoms with E-state index in [4.69, 9.17) is 4.74 Å². The number of hydrogen-bond acceptors (Lipinski definition) is 4. The first-order chi connectivity index (χ1) is 8.66. The summed E-state index contributed by atoms with van der Waals surface area (Å²) >= 11 is 0. The summed E-state index contributed by atoms with van der Waals surface area (Å²) in [6.07, 6.45) is 2.78. The van der Waals surface area contributed by atoms with Crippen LogP contribution in [0.15, 0.2) is 12.4 Å². The van der Waals surface area contributed by atoms with Gasteiger partial charge in [-0.3, -0.25) is 4.57 Å². The van der Waals surface area contributed by atoms with Crippen molar-refractivity contribution in [2.45, 2.75) is 19.2 Å². The van der Waals surface area contributed by atoms with Crippen molar-refractivity contribution < 1.29 is 13.5 Å². The molecule has 1 aromatic heterocycles. The summed E-state index contributed by atoms with van der Waals surface area (Å²) < 4.78 is 31.5. The Hall–Kier alpha value is -1.05. The van der Waals surface area contributed by atoms with E-state index in [1.807, 2.05) is 7.05 Å². The average molecular weight is 260 g/mol. The molecule has 0 aliphatic carbocycles. The van der Waals surface area contributed by atoms with Crippen LogP contribution in [-0.4, -0.2) is 53.8 Å². The van der Waals surface area contributed by atoms with Gasteiger partial charge in [0, 0.05) is 32.0 Å². The zero-order chi connectivity index (χ0) is 13.0. The normalized spacial score (nSPS) is 21.7. The van der Waals surface area contributed by atoms with Crippen LogP contribution in [0.5, 0.6) is 0 Å². The number of morpholine rings is 1. The summed E-state index contributed by atoms with van der Waals surface area (Å²) in [6, 6.07) is 0. The first-order valence-corrected chi connectivity index (χ1v) is 5.97. The number of aromatic nitrogens is 2. The second kappa shape index (κ2) is 6.21. The third-order valence-corrected chi connectivity index (χ3v) is 2.96. The second-order valence-corrected chi connectivity index (χ2v) is 4.41. The molecular weight excluding hydrogens is 242 g/mol. The minimum Gasteiger partial charge on any atom is -0.374 e. The molecule has 1 fully saturated rings. The first kappa shape index (κ1) is 13.4. The molecule has 0 bridgehead atoms. The SMILES string of the molecule is CN1CCOC(CNCc2nccn2C(F)F)C1. The van der Waals surface area contributed by atoms with E-state index in [1.165, 1.54) is 12.4 Å². The summed E-state index contributed by atoms with van der Waals surface area (Å²) in [7, 11) is 2.04. The lowest BCUT2D eigenvalue weighted by Crippen LogP contribution is -2.44. The lowest BCUT2D eigenvalue weighted by Gasteiger charge is -2.30. The number of imidazole rings is 1. The quantitative estimate of drug-likeness (QED) is 0.846. The van der Waals surface area contributed by atoms with Gasteiger partial charge in [0.25, 0.3) is 0 Å². The molecule has 0 amide bonds. The standard InChI is InChI=1S/C11H18F2N4O/c1-16-4-5-18-9(8-16)6-14-7-10-15-2-3-17(10)11(12)13/h2-3,9,11,14H,4-8H2,1H3. The molecule has 1 N–H and O–H groups in total. The highest BCUT2D eigenvalue weighted by molar-refractivity contribution is 4.92. The minimum atomic E-state index is -2.54. The fraction of sp³-hybridized carbons (Fsp3) is 0.727. The smallest absolute Gasteiger partial charge is 0.319 e. The molecule has 1 atom stereocenters. The summed E-state index contributed by atoms with van der Waals surface area (Å²) in [5, 5.41) is 3.10. The second-order valence-electron chi connectivity index (χ2n) is 4.41. The summed E-state index contributed by atoms with van der Waals surface area (Å²) in [6.45, 7) is 0.930. The van der Waals surface area contributed by atoms with Gasteiger partial charge in [-0.25, -0.2) is 4.98 Å². The Balaban J connectivity index is 1.76. The van der Waals surface area contributed by atoms with Gasteiger partial charge in [-0.1, -0.05) is 0 Å². The van der Waals surface area contributed by atoms with Crippen LogP contribution in [0.3, 0.4) is 0 Å². The molecule has 0 spiro atoms. The molecule has 1 unspecified atom stereocenters. The van der Waals surface area contributed by atoms with Crippen LogP contribution in [0, 0.1) is 0 Å². The van der Waals surface area contributed by atoms with Crippen LogP contribution < -0.4 is 5.32 Å². The molecule has 18 heavy (non-hydrogen) atoms. The molecule has 7 heteroatoms. The van der Waals surface area contributed by atoms with Crippen molar-refractivity contribution in [1.29, 1.82) is 0 Å². The summed E-state index contributed by atoms with van der Waals surface area (Å²) in [4.78, 5) is 6.09. The van der Waals surface area contributed by atoms with Crippen molar-refractivity contribution in [3.8, 4) is 0 Å². The molecule has 2 heterocycles. The molecule has 0 radical (unpaired) electrons. The molecule has 1 aromatic rings. The monoisotopic (exact) mass is 260 g/mol. The van der Waals surface area contributed by atoms with E-state index in [0.717, 1.165) is 17.7 Å². The van der Waals surface area contributed by atoms with E-state index in [9.17, 15) is 8.78 Å². The maximum absolute atomic E-state index is 12.6. The number of nitrogens with zero attached hydrogens (tertiary/aromatic N) is 3. The molecule has 102 valence electrons. The molecule has 2 rings (SSSR count). The van der Waals surface area contributed by atoms with E-state index in [0.29, 0.717) is 25.5 Å². The van der Waals surface area contributed by atoms with E-state index >= 15 is 0 Å². The highest BCUT2D eigenvalue weighted by Crippen LogP contribution is 2.12. The van der Waals surface area contributed by atoms with E-state index in [2.05, 4.69) is 15.2 Å². The summed E-state index contributed by atoms with van der Waals surface area (Å²) in [5.74, 6) is 0.342. The van der Waals surface area contributed by atoms with E-state index < -0.39 is 6.55 Å². The highest BCUT2D eigenvalue weighted by Gasteiger charge is 2.17. The largest absolute Gasteiger partial charge is 0.374 e. The number of rotatable bonds is 5. The van der Waals surface area contributed by atoms with Gasteiger partial charge in [-0.2, -0.15) is 8.78 Å². The third-order valence-electron chi connectivity index (χ3n) is 2.96. The molecule has 1 aliphatic heterocycles. The van der Waals surface area contributed by atoms with Gasteiger partial charge in [0.15, 0.2) is 0 Å². The van der Waals surface area contributed by atoms with Gasteiger partial charge in [0.1, 0.15) is 5.82 Å². The van der Waals surface area contributed by atoms with Gasteiger partial charge in [0.05, 0.1) is 19.3 Å². The molecule has 0 saturated carbocycles. The van der Waals surface area contributed by atoms with Crippen LogP contribution in [-0.2, 0) is 11.3 Å². The Bertz CT molecular complexity index is 372. The number of likely N-dealkylation sites (N-methyl/N-ethyl adjacent to an activating group) is 1. The predicted molar refractivity (Wildman–Crippen MR) is 62.4 cm³/mol. The first-order valence-electron chi connectivity index (χ1n) is 5.97. The van der Waals surface area contributed by atoms with Crippen molar-refractivity contribution in [2.24, 2.45) is 0 Å². The Morgan fingerprint density at radius 2 is 2.44 bits per heavy atom. The minimum absolute atomic E-state index is 0.110. The Morgan fingerprint density at radius 3 is 3.17 bits per heavy atom. The third kappa shape index (κ3) is 3.47. The fourth-order valence-corrected chi connectivity index (χ4v) is 1.99. The summed E-state index contributed by atoms with van der Waals surface area (Å²) in [5.41, 5.74) is 0. The van der Waals surface area contributed by atoms with Crippen molar-refractivity contribution in [3.63, 3.8) is 0 Å². The van der Waals surface area contributed by atoms with Crippen molar-refractivity contribution in [3.05, 3.63) is 18.2 Å². The molecule has 0 aromatic carbocycles. The Morgan fingerprint density at radius 1 is 1.61 bits per heavy atom. The van der Waals surface area contributed by atoms with E-state index in [-0.39, 0.29) is 6.10 Å². The zero-order valence-electron chi connectivity index (χ0n) is 10.4. The number of alkyl halides is 2. The van der Waals surface area contributed by atoms with Crippen LogP contribution in [0.4, 0.5) is 8.78 Å². The van der Waals surface area contributed by atoms with Gasteiger partial charge in [-0.15, -0.1) is 0 Å². The lowest BCUT2D eigenvalue weighted by atomic mass is 10.3. The molecular formula is C11H18F2N4O. The van der Waals surface area contributed by atoms with Crippen molar-refractivity contribution in [2.75, 3.05) is 33.3 Å².